The van der Waals surface area contributed by atoms with E-state index in [0.717, 1.165) is 38.8 Å². The van der Waals surface area contributed by atoms with Gasteiger partial charge in [0.1, 0.15) is 0 Å². The summed E-state index contributed by atoms with van der Waals surface area (Å²) in [5.74, 6) is 0.987. The van der Waals surface area contributed by atoms with E-state index in [2.05, 4.69) is 13.8 Å². The van der Waals surface area contributed by atoms with Crippen molar-refractivity contribution in [1.82, 2.24) is 4.90 Å². The molecular weight excluding hydrogens is 226 g/mol. The molecule has 0 aromatic carbocycles. The van der Waals surface area contributed by atoms with Gasteiger partial charge in [0.05, 0.1) is 0 Å². The first-order chi connectivity index (χ1) is 8.72. The highest BCUT2D eigenvalue weighted by Crippen LogP contribution is 2.22. The number of rotatable bonds is 7. The van der Waals surface area contributed by atoms with Gasteiger partial charge in [0.15, 0.2) is 0 Å². The Bertz CT molecular complexity index is 228. The summed E-state index contributed by atoms with van der Waals surface area (Å²) in [6.07, 6.45) is 7.56. The number of likely N-dealkylation sites (tertiary alicyclic amines) is 1. The number of nitrogens with zero attached hydrogens (tertiary/aromatic N) is 1. The zero-order valence-corrected chi connectivity index (χ0v) is 12.0. The molecular formula is C15H29NO2. The number of aliphatic hydroxyl groups excluding tert-OH is 1. The molecule has 1 atom stereocenters. The molecule has 1 unspecified atom stereocenters. The number of hydrogen-bond donors (Lipinski definition) is 1. The minimum absolute atomic E-state index is 0.224. The van der Waals surface area contributed by atoms with Crippen LogP contribution < -0.4 is 0 Å². The van der Waals surface area contributed by atoms with Gasteiger partial charge in [0, 0.05) is 25.6 Å². The maximum atomic E-state index is 12.4. The standard InChI is InChI=1S/C15H29NO2/c1-3-5-6-7-14(4-2)15(18)16-10-8-13(12-17)9-11-16/h13-14,17H,3-12H2,1-2H3. The van der Waals surface area contributed by atoms with Gasteiger partial charge in [-0.25, -0.2) is 0 Å². The second-order valence-electron chi connectivity index (χ2n) is 5.55. The first-order valence-corrected chi connectivity index (χ1v) is 7.62. The summed E-state index contributed by atoms with van der Waals surface area (Å²) in [7, 11) is 0. The van der Waals surface area contributed by atoms with E-state index < -0.39 is 0 Å². The topological polar surface area (TPSA) is 40.5 Å². The Labute approximate surface area is 112 Å². The maximum Gasteiger partial charge on any atom is 0.225 e. The predicted molar refractivity (Wildman–Crippen MR) is 74.3 cm³/mol. The van der Waals surface area contributed by atoms with Crippen LogP contribution in [-0.2, 0) is 4.79 Å². The van der Waals surface area contributed by atoms with Gasteiger partial charge >= 0.3 is 0 Å². The average molecular weight is 255 g/mol. The van der Waals surface area contributed by atoms with E-state index in [1.54, 1.807) is 0 Å². The van der Waals surface area contributed by atoms with Crippen molar-refractivity contribution in [2.75, 3.05) is 19.7 Å². The van der Waals surface area contributed by atoms with Gasteiger partial charge in [-0.05, 0) is 31.6 Å². The van der Waals surface area contributed by atoms with Crippen LogP contribution in [0.15, 0.2) is 0 Å². The molecule has 1 N–H and O–H groups in total. The van der Waals surface area contributed by atoms with E-state index in [9.17, 15) is 4.79 Å². The number of unbranched alkanes of at least 4 members (excludes halogenated alkanes) is 2. The summed E-state index contributed by atoms with van der Waals surface area (Å²) in [6, 6.07) is 0. The molecule has 18 heavy (non-hydrogen) atoms. The van der Waals surface area contributed by atoms with Crippen molar-refractivity contribution in [2.24, 2.45) is 11.8 Å². The van der Waals surface area contributed by atoms with Gasteiger partial charge in [0.25, 0.3) is 0 Å². The van der Waals surface area contributed by atoms with Gasteiger partial charge in [-0.3, -0.25) is 4.79 Å². The molecule has 0 saturated carbocycles. The molecule has 0 aliphatic carbocycles. The molecule has 0 radical (unpaired) electrons. The third-order valence-electron chi connectivity index (χ3n) is 4.18. The Morgan fingerprint density at radius 3 is 2.44 bits per heavy atom. The van der Waals surface area contributed by atoms with E-state index in [0.29, 0.717) is 11.8 Å². The Hall–Kier alpha value is -0.570. The van der Waals surface area contributed by atoms with Crippen LogP contribution in [0.2, 0.25) is 0 Å². The van der Waals surface area contributed by atoms with Crippen molar-refractivity contribution in [2.45, 2.75) is 58.8 Å². The summed E-state index contributed by atoms with van der Waals surface area (Å²) in [5.41, 5.74) is 0. The predicted octanol–water partition coefficient (Wildman–Crippen LogP) is 2.82. The van der Waals surface area contributed by atoms with E-state index in [-0.39, 0.29) is 12.5 Å². The van der Waals surface area contributed by atoms with E-state index >= 15 is 0 Å². The minimum Gasteiger partial charge on any atom is -0.396 e. The van der Waals surface area contributed by atoms with Crippen molar-refractivity contribution in [3.63, 3.8) is 0 Å². The quantitative estimate of drug-likeness (QED) is 0.711. The molecule has 3 nitrogen and oxygen atoms in total. The number of carbonyl (C=O) groups excluding carboxylic acids is 1. The molecule has 0 aromatic heterocycles. The fourth-order valence-electron chi connectivity index (χ4n) is 2.74. The van der Waals surface area contributed by atoms with Gasteiger partial charge in [-0.2, -0.15) is 0 Å². The van der Waals surface area contributed by atoms with Crippen LogP contribution in [0.1, 0.15) is 58.8 Å². The van der Waals surface area contributed by atoms with E-state index in [4.69, 9.17) is 5.11 Å². The molecule has 1 saturated heterocycles. The molecule has 0 spiro atoms. The fraction of sp³-hybridized carbons (Fsp3) is 0.933. The minimum atomic E-state index is 0.224. The maximum absolute atomic E-state index is 12.4. The second kappa shape index (κ2) is 8.52. The zero-order chi connectivity index (χ0) is 13.4. The Balaban J connectivity index is 2.37. The summed E-state index contributed by atoms with van der Waals surface area (Å²) in [4.78, 5) is 14.4. The lowest BCUT2D eigenvalue weighted by Crippen LogP contribution is -2.42. The summed E-state index contributed by atoms with van der Waals surface area (Å²) in [6.45, 7) is 6.27. The fourth-order valence-corrected chi connectivity index (χ4v) is 2.74. The first-order valence-electron chi connectivity index (χ1n) is 7.62. The molecule has 1 amide bonds. The summed E-state index contributed by atoms with van der Waals surface area (Å²) in [5, 5.41) is 9.11. The molecule has 3 heteroatoms. The lowest BCUT2D eigenvalue weighted by Gasteiger charge is -2.33. The van der Waals surface area contributed by atoms with Gasteiger partial charge in [-0.15, -0.1) is 0 Å². The average Bonchev–Trinajstić information content (AvgIpc) is 2.43. The molecule has 0 aromatic rings. The van der Waals surface area contributed by atoms with Crippen LogP contribution in [0.5, 0.6) is 0 Å². The van der Waals surface area contributed by atoms with Crippen LogP contribution in [0.4, 0.5) is 0 Å². The highest BCUT2D eigenvalue weighted by Gasteiger charge is 2.26. The molecule has 1 aliphatic rings. The lowest BCUT2D eigenvalue weighted by molar-refractivity contribution is -0.137. The lowest BCUT2D eigenvalue weighted by atomic mass is 9.93. The van der Waals surface area contributed by atoms with Gasteiger partial charge < -0.3 is 10.0 Å². The van der Waals surface area contributed by atoms with Gasteiger partial charge in [-0.1, -0.05) is 33.1 Å². The monoisotopic (exact) mass is 255 g/mol. The van der Waals surface area contributed by atoms with Crippen LogP contribution >= 0.6 is 0 Å². The first kappa shape index (κ1) is 15.5. The van der Waals surface area contributed by atoms with Crippen LogP contribution in [0.3, 0.4) is 0 Å². The highest BCUT2D eigenvalue weighted by molar-refractivity contribution is 5.78. The Kier molecular flexibility index (Phi) is 7.33. The molecule has 0 bridgehead atoms. The summed E-state index contributed by atoms with van der Waals surface area (Å²) < 4.78 is 0. The largest absolute Gasteiger partial charge is 0.396 e. The molecule has 106 valence electrons. The Morgan fingerprint density at radius 2 is 1.94 bits per heavy atom. The van der Waals surface area contributed by atoms with Crippen molar-refractivity contribution in [1.29, 1.82) is 0 Å². The van der Waals surface area contributed by atoms with Crippen LogP contribution in [0, 0.1) is 11.8 Å². The highest BCUT2D eigenvalue weighted by atomic mass is 16.3. The number of carbonyl (C=O) groups is 1. The Morgan fingerprint density at radius 1 is 1.28 bits per heavy atom. The molecule has 1 heterocycles. The van der Waals surface area contributed by atoms with Crippen molar-refractivity contribution >= 4 is 5.91 Å². The number of amides is 1. The van der Waals surface area contributed by atoms with Crippen molar-refractivity contribution in [3.05, 3.63) is 0 Å². The molecule has 1 rings (SSSR count). The van der Waals surface area contributed by atoms with Crippen LogP contribution in [0.25, 0.3) is 0 Å². The van der Waals surface area contributed by atoms with Crippen molar-refractivity contribution in [3.8, 4) is 0 Å². The third-order valence-corrected chi connectivity index (χ3v) is 4.18. The zero-order valence-electron chi connectivity index (χ0n) is 12.0. The number of piperidine rings is 1. The van der Waals surface area contributed by atoms with Crippen molar-refractivity contribution < 1.29 is 9.90 Å². The van der Waals surface area contributed by atoms with Gasteiger partial charge in [0.2, 0.25) is 5.91 Å². The summed E-state index contributed by atoms with van der Waals surface area (Å²) >= 11 is 0. The third kappa shape index (κ3) is 4.60. The molecule has 1 aliphatic heterocycles. The van der Waals surface area contributed by atoms with Crippen LogP contribution in [-0.4, -0.2) is 35.6 Å². The van der Waals surface area contributed by atoms with E-state index in [1.165, 1.54) is 19.3 Å². The molecule has 1 fully saturated rings. The normalized spacial score (nSPS) is 18.9. The second-order valence-corrected chi connectivity index (χ2v) is 5.55. The SMILES string of the molecule is CCCCCC(CC)C(=O)N1CCC(CO)CC1. The smallest absolute Gasteiger partial charge is 0.225 e. The van der Waals surface area contributed by atoms with E-state index in [1.807, 2.05) is 4.90 Å². The number of hydrogen-bond acceptors (Lipinski definition) is 2. The number of aliphatic hydroxyl groups is 1.